The number of aliphatic hydroxyl groups is 1. The second kappa shape index (κ2) is 6.68. The molecule has 1 atom stereocenters. The summed E-state index contributed by atoms with van der Waals surface area (Å²) in [5.74, 6) is -0.908. The first-order chi connectivity index (χ1) is 10.0. The molecule has 0 aliphatic carbocycles. The van der Waals surface area contributed by atoms with E-state index in [0.29, 0.717) is 23.5 Å². The molecule has 0 heterocycles. The lowest BCUT2D eigenvalue weighted by Crippen LogP contribution is -2.07. The molecule has 0 aliphatic heterocycles. The van der Waals surface area contributed by atoms with Crippen molar-refractivity contribution in [3.05, 3.63) is 64.7 Å². The van der Waals surface area contributed by atoms with Crippen LogP contribution in [-0.2, 0) is 0 Å². The van der Waals surface area contributed by atoms with Crippen molar-refractivity contribution in [3.63, 3.8) is 0 Å². The first-order valence-corrected chi connectivity index (χ1v) is 6.90. The van der Waals surface area contributed by atoms with Crippen molar-refractivity contribution < 1.29 is 18.6 Å². The average molecular weight is 292 g/mol. The van der Waals surface area contributed by atoms with E-state index in [2.05, 4.69) is 0 Å². The minimum atomic E-state index is -1.37. The lowest BCUT2D eigenvalue weighted by atomic mass is 9.98. The molecule has 0 amide bonds. The van der Waals surface area contributed by atoms with Gasteiger partial charge in [0.25, 0.3) is 0 Å². The fourth-order valence-electron chi connectivity index (χ4n) is 2.09. The number of hydrogen-bond acceptors (Lipinski definition) is 2. The minimum absolute atomic E-state index is 0.295. The maximum atomic E-state index is 14.1. The number of rotatable bonds is 5. The lowest BCUT2D eigenvalue weighted by Gasteiger charge is -2.15. The molecule has 2 aromatic carbocycles. The van der Waals surface area contributed by atoms with Crippen LogP contribution >= 0.6 is 0 Å². The first kappa shape index (κ1) is 15.4. The quantitative estimate of drug-likeness (QED) is 0.897. The Kier molecular flexibility index (Phi) is 4.91. The summed E-state index contributed by atoms with van der Waals surface area (Å²) in [5, 5.41) is 10.3. The van der Waals surface area contributed by atoms with Crippen molar-refractivity contribution in [2.45, 2.75) is 26.4 Å². The summed E-state index contributed by atoms with van der Waals surface area (Å²) in [4.78, 5) is 0. The highest BCUT2D eigenvalue weighted by Gasteiger charge is 2.21. The minimum Gasteiger partial charge on any atom is -0.494 e. The Morgan fingerprint density at radius 3 is 2.67 bits per heavy atom. The highest BCUT2D eigenvalue weighted by molar-refractivity contribution is 5.38. The van der Waals surface area contributed by atoms with Crippen molar-refractivity contribution in [3.8, 4) is 5.75 Å². The van der Waals surface area contributed by atoms with Crippen LogP contribution in [0.4, 0.5) is 8.78 Å². The Morgan fingerprint density at radius 1 is 1.19 bits per heavy atom. The van der Waals surface area contributed by atoms with E-state index in [1.54, 1.807) is 24.3 Å². The molecule has 0 saturated heterocycles. The first-order valence-electron chi connectivity index (χ1n) is 6.90. The molecule has 0 fully saturated rings. The zero-order valence-corrected chi connectivity index (χ0v) is 12.1. The van der Waals surface area contributed by atoms with Crippen LogP contribution in [0.5, 0.6) is 5.75 Å². The van der Waals surface area contributed by atoms with Gasteiger partial charge in [0.05, 0.1) is 12.2 Å². The summed E-state index contributed by atoms with van der Waals surface area (Å²) in [6.07, 6.45) is -0.511. The van der Waals surface area contributed by atoms with Gasteiger partial charge in [-0.05, 0) is 42.7 Å². The van der Waals surface area contributed by atoms with Crippen LogP contribution in [0.3, 0.4) is 0 Å². The second-order valence-corrected chi connectivity index (χ2v) is 4.92. The molecule has 2 nitrogen and oxygen atoms in total. The van der Waals surface area contributed by atoms with Gasteiger partial charge in [0.15, 0.2) is 0 Å². The fourth-order valence-corrected chi connectivity index (χ4v) is 2.09. The molecule has 0 aliphatic rings. The van der Waals surface area contributed by atoms with Gasteiger partial charge in [-0.15, -0.1) is 0 Å². The van der Waals surface area contributed by atoms with Gasteiger partial charge >= 0.3 is 0 Å². The van der Waals surface area contributed by atoms with Crippen molar-refractivity contribution >= 4 is 0 Å². The van der Waals surface area contributed by atoms with E-state index in [-0.39, 0.29) is 5.56 Å². The molecular formula is C17H18F2O2. The van der Waals surface area contributed by atoms with Crippen LogP contribution in [0.2, 0.25) is 0 Å². The van der Waals surface area contributed by atoms with Gasteiger partial charge in [0.2, 0.25) is 0 Å². The third-order valence-electron chi connectivity index (χ3n) is 3.24. The highest BCUT2D eigenvalue weighted by atomic mass is 19.1. The predicted molar refractivity (Wildman–Crippen MR) is 77.4 cm³/mol. The summed E-state index contributed by atoms with van der Waals surface area (Å²) < 4.78 is 33.4. The van der Waals surface area contributed by atoms with Crippen LogP contribution in [0.15, 0.2) is 36.4 Å². The van der Waals surface area contributed by atoms with E-state index in [9.17, 15) is 13.9 Å². The van der Waals surface area contributed by atoms with E-state index in [0.717, 1.165) is 12.5 Å². The molecule has 2 aromatic rings. The second-order valence-electron chi connectivity index (χ2n) is 4.92. The van der Waals surface area contributed by atoms with Crippen LogP contribution in [-0.4, -0.2) is 11.7 Å². The van der Waals surface area contributed by atoms with E-state index in [1.165, 1.54) is 13.0 Å². The molecule has 4 heteroatoms. The molecule has 0 aromatic heterocycles. The summed E-state index contributed by atoms with van der Waals surface area (Å²) in [6.45, 7) is 4.06. The highest BCUT2D eigenvalue weighted by Crippen LogP contribution is 2.30. The Balaban J connectivity index is 2.36. The van der Waals surface area contributed by atoms with Crippen LogP contribution in [0.1, 0.15) is 36.1 Å². The molecule has 2 rings (SSSR count). The maximum absolute atomic E-state index is 14.1. The molecule has 0 saturated carbocycles. The number of hydrogen-bond donors (Lipinski definition) is 1. The topological polar surface area (TPSA) is 29.5 Å². The lowest BCUT2D eigenvalue weighted by molar-refractivity contribution is 0.208. The number of aryl methyl sites for hydroxylation is 1. The number of ether oxygens (including phenoxy) is 1. The van der Waals surface area contributed by atoms with Gasteiger partial charge in [-0.25, -0.2) is 8.78 Å². The van der Waals surface area contributed by atoms with E-state index in [1.807, 2.05) is 6.92 Å². The SMILES string of the molecule is CCCOc1cccc(C(O)c2c(F)ccc(C)c2F)c1. The number of halogens is 2. The normalized spacial score (nSPS) is 12.2. The van der Waals surface area contributed by atoms with Crippen molar-refractivity contribution in [1.29, 1.82) is 0 Å². The summed E-state index contributed by atoms with van der Waals surface area (Å²) in [7, 11) is 0. The Morgan fingerprint density at radius 2 is 1.95 bits per heavy atom. The van der Waals surface area contributed by atoms with Crippen LogP contribution in [0.25, 0.3) is 0 Å². The molecule has 0 spiro atoms. The van der Waals surface area contributed by atoms with Crippen LogP contribution < -0.4 is 4.74 Å². The fraction of sp³-hybridized carbons (Fsp3) is 0.294. The molecule has 21 heavy (non-hydrogen) atoms. The monoisotopic (exact) mass is 292 g/mol. The zero-order chi connectivity index (χ0) is 15.4. The molecule has 1 unspecified atom stereocenters. The number of aliphatic hydroxyl groups excluding tert-OH is 1. The van der Waals surface area contributed by atoms with Gasteiger partial charge < -0.3 is 9.84 Å². The van der Waals surface area contributed by atoms with E-state index < -0.39 is 17.7 Å². The largest absolute Gasteiger partial charge is 0.494 e. The Bertz CT molecular complexity index is 626. The van der Waals surface area contributed by atoms with Crippen LogP contribution in [0, 0.1) is 18.6 Å². The third-order valence-corrected chi connectivity index (χ3v) is 3.24. The molecule has 0 radical (unpaired) electrons. The molecular weight excluding hydrogens is 274 g/mol. The third kappa shape index (κ3) is 3.39. The maximum Gasteiger partial charge on any atom is 0.135 e. The Hall–Kier alpha value is -1.94. The predicted octanol–water partition coefficient (Wildman–Crippen LogP) is 4.14. The van der Waals surface area contributed by atoms with E-state index in [4.69, 9.17) is 4.74 Å². The smallest absolute Gasteiger partial charge is 0.135 e. The Labute approximate surface area is 123 Å². The zero-order valence-electron chi connectivity index (χ0n) is 12.1. The summed E-state index contributed by atoms with van der Waals surface area (Å²) >= 11 is 0. The van der Waals surface area contributed by atoms with Gasteiger partial charge in [-0.1, -0.05) is 25.1 Å². The summed E-state index contributed by atoms with van der Waals surface area (Å²) in [5.41, 5.74) is 0.360. The van der Waals surface area contributed by atoms with Gasteiger partial charge in [-0.2, -0.15) is 0 Å². The standard InChI is InChI=1S/C17H18F2O2/c1-3-9-21-13-6-4-5-12(10-13)17(20)15-14(18)8-7-11(2)16(15)19/h4-8,10,17,20H,3,9H2,1-2H3. The number of benzene rings is 2. The van der Waals surface area contributed by atoms with Gasteiger partial charge in [0, 0.05) is 0 Å². The van der Waals surface area contributed by atoms with Crippen molar-refractivity contribution in [2.24, 2.45) is 0 Å². The summed E-state index contributed by atoms with van der Waals surface area (Å²) in [6, 6.07) is 9.16. The van der Waals surface area contributed by atoms with Gasteiger partial charge in [0.1, 0.15) is 23.5 Å². The average Bonchev–Trinajstić information content (AvgIpc) is 2.49. The van der Waals surface area contributed by atoms with E-state index >= 15 is 0 Å². The molecule has 0 bridgehead atoms. The van der Waals surface area contributed by atoms with Gasteiger partial charge in [-0.3, -0.25) is 0 Å². The van der Waals surface area contributed by atoms with Crippen molar-refractivity contribution in [1.82, 2.24) is 0 Å². The van der Waals surface area contributed by atoms with Crippen molar-refractivity contribution in [2.75, 3.05) is 6.61 Å². The molecule has 1 N–H and O–H groups in total. The molecule has 112 valence electrons.